The van der Waals surface area contributed by atoms with Crippen LogP contribution in [-0.4, -0.2) is 46.0 Å². The topological polar surface area (TPSA) is 75.7 Å². The first kappa shape index (κ1) is 21.4. The summed E-state index contributed by atoms with van der Waals surface area (Å²) in [5, 5.41) is 0. The summed E-state index contributed by atoms with van der Waals surface area (Å²) in [6, 6.07) is 10.1. The minimum Gasteiger partial charge on any atom is -0.465 e. The number of benzene rings is 1. The molecule has 0 amide bonds. The molecular formula is C21H24N2O4S2. The minimum absolute atomic E-state index is 0.0258. The zero-order valence-electron chi connectivity index (χ0n) is 16.3. The van der Waals surface area contributed by atoms with Crippen LogP contribution in [-0.2, 0) is 27.7 Å². The normalized spacial score (nSPS) is 14.7. The number of esters is 1. The molecule has 0 saturated heterocycles. The Labute approximate surface area is 175 Å². The summed E-state index contributed by atoms with van der Waals surface area (Å²) in [5.41, 5.74) is 2.09. The van der Waals surface area contributed by atoms with E-state index >= 15 is 0 Å². The molecule has 1 aliphatic rings. The van der Waals surface area contributed by atoms with Crippen LogP contribution >= 0.6 is 11.3 Å². The highest BCUT2D eigenvalue weighted by molar-refractivity contribution is 7.91. The van der Waals surface area contributed by atoms with Crippen LogP contribution in [0.1, 0.15) is 26.4 Å². The molecule has 1 aromatic carbocycles. The van der Waals surface area contributed by atoms with Crippen molar-refractivity contribution in [2.75, 3.05) is 26.7 Å². The number of fused-ring (bicyclic) bond motifs is 1. The molecule has 3 rings (SSSR count). The maximum atomic E-state index is 12.7. The van der Waals surface area contributed by atoms with Crippen molar-refractivity contribution in [1.29, 1.82) is 0 Å². The van der Waals surface area contributed by atoms with Gasteiger partial charge in [-0.25, -0.2) is 17.9 Å². The van der Waals surface area contributed by atoms with Gasteiger partial charge in [-0.3, -0.25) is 4.90 Å². The molecule has 0 atom stereocenters. The zero-order valence-corrected chi connectivity index (χ0v) is 17.9. The fourth-order valence-electron chi connectivity index (χ4n) is 3.22. The standard InChI is InChI=1S/C21H24N2O4S2/c1-3-12-22-29(25,26)21-19(20(24)27-2)17-11-14-23(15-18(17)28-21)13-7-10-16-8-5-4-6-9-16/h3-10,22H,1,11-15H2,2H3/b10-7+. The van der Waals surface area contributed by atoms with Gasteiger partial charge in [-0.2, -0.15) is 0 Å². The van der Waals surface area contributed by atoms with E-state index in [2.05, 4.69) is 28.4 Å². The molecular weight excluding hydrogens is 408 g/mol. The van der Waals surface area contributed by atoms with E-state index < -0.39 is 16.0 Å². The first-order chi connectivity index (χ1) is 14.0. The number of carbonyl (C=O) groups is 1. The minimum atomic E-state index is -3.81. The van der Waals surface area contributed by atoms with Crippen molar-refractivity contribution < 1.29 is 17.9 Å². The molecule has 0 spiro atoms. The summed E-state index contributed by atoms with van der Waals surface area (Å²) in [5.74, 6) is -0.612. The van der Waals surface area contributed by atoms with Gasteiger partial charge in [0.2, 0.25) is 0 Å². The number of nitrogens with zero attached hydrogens (tertiary/aromatic N) is 1. The second-order valence-corrected chi connectivity index (χ2v) is 9.66. The molecule has 0 radical (unpaired) electrons. The fraction of sp³-hybridized carbons (Fsp3) is 0.286. The second kappa shape index (κ2) is 9.49. The Morgan fingerprint density at radius 1 is 1.34 bits per heavy atom. The molecule has 1 N–H and O–H groups in total. The van der Waals surface area contributed by atoms with E-state index in [9.17, 15) is 13.2 Å². The van der Waals surface area contributed by atoms with Crippen molar-refractivity contribution in [3.05, 3.63) is 70.6 Å². The Balaban J connectivity index is 1.82. The Hall–Kier alpha value is -2.26. The molecule has 2 aromatic rings. The number of nitrogens with one attached hydrogen (secondary N) is 1. The van der Waals surface area contributed by atoms with E-state index in [4.69, 9.17) is 4.74 Å². The summed E-state index contributed by atoms with van der Waals surface area (Å²) in [4.78, 5) is 15.5. The van der Waals surface area contributed by atoms with Crippen LogP contribution in [0.25, 0.3) is 6.08 Å². The van der Waals surface area contributed by atoms with Crippen molar-refractivity contribution in [2.24, 2.45) is 0 Å². The van der Waals surface area contributed by atoms with Crippen LogP contribution in [0, 0.1) is 0 Å². The van der Waals surface area contributed by atoms with Crippen LogP contribution in [0.3, 0.4) is 0 Å². The summed E-state index contributed by atoms with van der Waals surface area (Å²) in [6.07, 6.45) is 6.23. The largest absolute Gasteiger partial charge is 0.465 e. The molecule has 0 bridgehead atoms. The maximum absolute atomic E-state index is 12.7. The van der Waals surface area contributed by atoms with Gasteiger partial charge in [0, 0.05) is 31.1 Å². The SMILES string of the molecule is C=CCNS(=O)(=O)c1sc2c(c1C(=O)OC)CCN(C/C=C/c1ccccc1)C2. The van der Waals surface area contributed by atoms with Crippen LogP contribution in [0.4, 0.5) is 0 Å². The van der Waals surface area contributed by atoms with Crippen molar-refractivity contribution in [1.82, 2.24) is 9.62 Å². The van der Waals surface area contributed by atoms with Crippen LogP contribution in [0.2, 0.25) is 0 Å². The zero-order chi connectivity index (χ0) is 20.9. The van der Waals surface area contributed by atoms with Crippen LogP contribution in [0.5, 0.6) is 0 Å². The lowest BCUT2D eigenvalue weighted by atomic mass is 10.0. The predicted molar refractivity (Wildman–Crippen MR) is 116 cm³/mol. The fourth-order valence-corrected chi connectivity index (χ4v) is 6.19. The van der Waals surface area contributed by atoms with Gasteiger partial charge in [0.25, 0.3) is 10.0 Å². The Morgan fingerprint density at radius 3 is 2.79 bits per heavy atom. The summed E-state index contributed by atoms with van der Waals surface area (Å²) < 4.78 is 32.7. The number of hydrogen-bond donors (Lipinski definition) is 1. The van der Waals surface area contributed by atoms with E-state index in [0.717, 1.165) is 40.4 Å². The van der Waals surface area contributed by atoms with Crippen molar-refractivity contribution in [2.45, 2.75) is 17.2 Å². The molecule has 6 nitrogen and oxygen atoms in total. The quantitative estimate of drug-likeness (QED) is 0.513. The Bertz CT molecular complexity index is 1010. The summed E-state index contributed by atoms with van der Waals surface area (Å²) in [6.45, 7) is 5.71. The molecule has 0 fully saturated rings. The highest BCUT2D eigenvalue weighted by Gasteiger charge is 2.33. The van der Waals surface area contributed by atoms with Gasteiger partial charge in [-0.15, -0.1) is 17.9 Å². The number of hydrogen-bond acceptors (Lipinski definition) is 6. The van der Waals surface area contributed by atoms with Gasteiger partial charge in [0.05, 0.1) is 12.7 Å². The number of methoxy groups -OCH3 is 1. The first-order valence-electron chi connectivity index (χ1n) is 9.23. The van der Waals surface area contributed by atoms with Crippen molar-refractivity contribution >= 4 is 33.4 Å². The third-order valence-electron chi connectivity index (χ3n) is 4.63. The number of sulfonamides is 1. The first-order valence-corrected chi connectivity index (χ1v) is 11.5. The maximum Gasteiger partial charge on any atom is 0.340 e. The number of rotatable bonds is 8. The van der Waals surface area contributed by atoms with Crippen molar-refractivity contribution in [3.8, 4) is 0 Å². The third-order valence-corrected chi connectivity index (χ3v) is 7.79. The van der Waals surface area contributed by atoms with E-state index in [1.807, 2.05) is 30.3 Å². The lowest BCUT2D eigenvalue weighted by Gasteiger charge is -2.25. The molecule has 0 saturated carbocycles. The van der Waals surface area contributed by atoms with Gasteiger partial charge in [-0.1, -0.05) is 48.6 Å². The molecule has 0 unspecified atom stereocenters. The smallest absolute Gasteiger partial charge is 0.340 e. The predicted octanol–water partition coefficient (Wildman–Crippen LogP) is 3.07. The van der Waals surface area contributed by atoms with E-state index in [1.54, 1.807) is 0 Å². The Kier molecular flexibility index (Phi) is 7.02. The van der Waals surface area contributed by atoms with Crippen LogP contribution < -0.4 is 4.72 Å². The van der Waals surface area contributed by atoms with E-state index in [0.29, 0.717) is 13.0 Å². The van der Waals surface area contributed by atoms with Crippen LogP contribution in [0.15, 0.2) is 53.3 Å². The Morgan fingerprint density at radius 2 is 2.10 bits per heavy atom. The van der Waals surface area contributed by atoms with Crippen molar-refractivity contribution in [3.63, 3.8) is 0 Å². The molecule has 154 valence electrons. The number of thiophene rings is 1. The number of carbonyl (C=O) groups excluding carboxylic acids is 1. The molecule has 29 heavy (non-hydrogen) atoms. The molecule has 1 aromatic heterocycles. The highest BCUT2D eigenvalue weighted by Crippen LogP contribution is 2.36. The second-order valence-electron chi connectivity index (χ2n) is 6.60. The van der Waals surface area contributed by atoms with Gasteiger partial charge < -0.3 is 4.74 Å². The monoisotopic (exact) mass is 432 g/mol. The average molecular weight is 433 g/mol. The molecule has 2 heterocycles. The summed E-state index contributed by atoms with van der Waals surface area (Å²) >= 11 is 1.15. The molecule has 1 aliphatic heterocycles. The lowest BCUT2D eigenvalue weighted by Crippen LogP contribution is -2.30. The third kappa shape index (κ3) is 5.02. The number of ether oxygens (including phenoxy) is 1. The molecule has 8 heteroatoms. The summed E-state index contributed by atoms with van der Waals surface area (Å²) in [7, 11) is -2.54. The average Bonchev–Trinajstić information content (AvgIpc) is 3.12. The highest BCUT2D eigenvalue weighted by atomic mass is 32.2. The van der Waals surface area contributed by atoms with Gasteiger partial charge in [0.15, 0.2) is 0 Å². The lowest BCUT2D eigenvalue weighted by molar-refractivity contribution is 0.0595. The van der Waals surface area contributed by atoms with Gasteiger partial charge in [-0.05, 0) is 17.5 Å². The van der Waals surface area contributed by atoms with Gasteiger partial charge >= 0.3 is 5.97 Å². The van der Waals surface area contributed by atoms with E-state index in [-0.39, 0.29) is 16.3 Å². The van der Waals surface area contributed by atoms with E-state index in [1.165, 1.54) is 13.2 Å². The molecule has 0 aliphatic carbocycles. The van der Waals surface area contributed by atoms with Gasteiger partial charge in [0.1, 0.15) is 4.21 Å².